The predicted octanol–water partition coefficient (Wildman–Crippen LogP) is 7.21. The third kappa shape index (κ3) is 13.3. The van der Waals surface area contributed by atoms with Gasteiger partial charge in [0.2, 0.25) is 11.9 Å². The minimum Gasteiger partial charge on any atom is -0.496 e. The molecule has 0 aliphatic rings. The van der Waals surface area contributed by atoms with Crippen LogP contribution >= 0.6 is 11.8 Å². The number of benzene rings is 4. The standard InChI is InChI=1S/C42H36O12S/c1-5-38(43)50-24-23-30-11-7-28(25-36(30)48-3)9-21-41(46)54-33-16-18-34(19-17-33)55-42(47)31-12-14-32(15-13-31)53-40(45)22-10-29-8-20-35(37(26-29)49-4)51-27-52-39(44)6-2/h5-22,25-26H,1-2,23-24,27H2,3-4H3/b21-9+,22-10+. The van der Waals surface area contributed by atoms with Crippen LogP contribution in [0.15, 0.2) is 127 Å². The number of carbonyl (C=O) groups is 5. The zero-order valence-corrected chi connectivity index (χ0v) is 30.7. The van der Waals surface area contributed by atoms with Crippen LogP contribution in [-0.2, 0) is 35.1 Å². The van der Waals surface area contributed by atoms with Gasteiger partial charge < -0.3 is 33.2 Å². The molecule has 0 spiro atoms. The first-order chi connectivity index (χ1) is 26.6. The Hall–Kier alpha value is -6.86. The molecule has 4 aromatic rings. The largest absolute Gasteiger partial charge is 0.496 e. The molecule has 12 nitrogen and oxygen atoms in total. The van der Waals surface area contributed by atoms with E-state index in [0.29, 0.717) is 51.0 Å². The first-order valence-corrected chi connectivity index (χ1v) is 17.2. The van der Waals surface area contributed by atoms with Gasteiger partial charge in [-0.3, -0.25) is 4.79 Å². The van der Waals surface area contributed by atoms with Crippen molar-refractivity contribution >= 4 is 52.9 Å². The Morgan fingerprint density at radius 3 is 1.75 bits per heavy atom. The van der Waals surface area contributed by atoms with E-state index in [1.165, 1.54) is 44.6 Å². The van der Waals surface area contributed by atoms with E-state index < -0.39 is 23.9 Å². The van der Waals surface area contributed by atoms with Gasteiger partial charge in [-0.05, 0) is 107 Å². The summed E-state index contributed by atoms with van der Waals surface area (Å²) in [4.78, 5) is 60.9. The molecule has 0 saturated heterocycles. The average Bonchev–Trinajstić information content (AvgIpc) is 3.20. The molecule has 0 N–H and O–H groups in total. The van der Waals surface area contributed by atoms with E-state index in [1.807, 2.05) is 6.07 Å². The van der Waals surface area contributed by atoms with E-state index in [2.05, 4.69) is 13.2 Å². The van der Waals surface area contributed by atoms with Gasteiger partial charge in [-0.15, -0.1) is 0 Å². The molecule has 0 aliphatic carbocycles. The van der Waals surface area contributed by atoms with E-state index in [0.717, 1.165) is 29.5 Å². The molecule has 0 aromatic heterocycles. The van der Waals surface area contributed by atoms with Crippen molar-refractivity contribution in [3.8, 4) is 28.7 Å². The number of rotatable bonds is 18. The molecule has 0 unspecified atom stereocenters. The lowest BCUT2D eigenvalue weighted by molar-refractivity contribution is -0.144. The van der Waals surface area contributed by atoms with Crippen LogP contribution < -0.4 is 23.7 Å². The summed E-state index contributed by atoms with van der Waals surface area (Å²) in [6.07, 6.45) is 8.20. The van der Waals surface area contributed by atoms with Crippen molar-refractivity contribution in [2.45, 2.75) is 11.3 Å². The summed E-state index contributed by atoms with van der Waals surface area (Å²) < 4.78 is 36.7. The summed E-state index contributed by atoms with van der Waals surface area (Å²) in [6.45, 7) is 6.53. The lowest BCUT2D eigenvalue weighted by atomic mass is 10.1. The van der Waals surface area contributed by atoms with E-state index >= 15 is 0 Å². The van der Waals surface area contributed by atoms with Crippen LogP contribution in [0.4, 0.5) is 0 Å². The van der Waals surface area contributed by atoms with Gasteiger partial charge in [-0.1, -0.05) is 31.4 Å². The fraction of sp³-hybridized carbons (Fsp3) is 0.119. The Balaban J connectivity index is 1.24. The van der Waals surface area contributed by atoms with Crippen molar-refractivity contribution in [1.82, 2.24) is 0 Å². The minimum absolute atomic E-state index is 0.175. The summed E-state index contributed by atoms with van der Waals surface area (Å²) in [7, 11) is 2.97. The number of hydrogen-bond donors (Lipinski definition) is 0. The van der Waals surface area contributed by atoms with Gasteiger partial charge in [0.15, 0.2) is 11.5 Å². The molecule has 0 atom stereocenters. The van der Waals surface area contributed by atoms with Crippen LogP contribution in [0.25, 0.3) is 12.2 Å². The van der Waals surface area contributed by atoms with Crippen LogP contribution in [0.2, 0.25) is 0 Å². The Bertz CT molecular complexity index is 2080. The van der Waals surface area contributed by atoms with Crippen molar-refractivity contribution in [3.05, 3.63) is 145 Å². The van der Waals surface area contributed by atoms with E-state index in [1.54, 1.807) is 72.8 Å². The number of methoxy groups -OCH3 is 2. The third-order valence-corrected chi connectivity index (χ3v) is 8.18. The molecule has 55 heavy (non-hydrogen) atoms. The smallest absolute Gasteiger partial charge is 0.336 e. The SMILES string of the molecule is C=CC(=O)OCCc1ccc(/C=C/C(=O)Oc2ccc(SC(=O)c3ccc(OC(=O)/C=C/c4ccc(OCOC(=O)C=C)c(OC)c4)cc3)cc2)cc1OC. The van der Waals surface area contributed by atoms with Gasteiger partial charge in [0.05, 0.1) is 20.8 Å². The van der Waals surface area contributed by atoms with E-state index in [4.69, 9.17) is 33.2 Å². The third-order valence-electron chi connectivity index (χ3n) is 7.25. The maximum absolute atomic E-state index is 12.9. The Morgan fingerprint density at radius 2 is 1.16 bits per heavy atom. The van der Waals surface area contributed by atoms with Crippen molar-refractivity contribution < 1.29 is 57.1 Å². The molecule has 13 heteroatoms. The number of carbonyl (C=O) groups excluding carboxylic acids is 5. The Labute approximate surface area is 321 Å². The fourth-order valence-electron chi connectivity index (χ4n) is 4.54. The monoisotopic (exact) mass is 764 g/mol. The fourth-order valence-corrected chi connectivity index (χ4v) is 5.28. The van der Waals surface area contributed by atoms with Crippen LogP contribution in [0.5, 0.6) is 28.7 Å². The van der Waals surface area contributed by atoms with Crippen LogP contribution in [0, 0.1) is 0 Å². The van der Waals surface area contributed by atoms with Gasteiger partial charge in [0.25, 0.3) is 0 Å². The molecule has 0 saturated carbocycles. The molecule has 0 amide bonds. The number of esters is 4. The lowest BCUT2D eigenvalue weighted by Crippen LogP contribution is -2.08. The molecule has 4 aromatic carbocycles. The highest BCUT2D eigenvalue weighted by atomic mass is 32.2. The first kappa shape index (κ1) is 40.9. The second-order valence-electron chi connectivity index (χ2n) is 10.9. The topological polar surface area (TPSA) is 150 Å². The van der Waals surface area contributed by atoms with Crippen LogP contribution in [0.1, 0.15) is 27.0 Å². The van der Waals surface area contributed by atoms with Gasteiger partial charge in [0.1, 0.15) is 17.2 Å². The van der Waals surface area contributed by atoms with Crippen LogP contribution in [0.3, 0.4) is 0 Å². The molecule has 0 fully saturated rings. The maximum atomic E-state index is 12.9. The van der Waals surface area contributed by atoms with Gasteiger partial charge >= 0.3 is 23.9 Å². The number of ether oxygens (including phenoxy) is 7. The summed E-state index contributed by atoms with van der Waals surface area (Å²) in [5.74, 6) is -0.557. The summed E-state index contributed by atoms with van der Waals surface area (Å²) in [5, 5.41) is -0.245. The quantitative estimate of drug-likeness (QED) is 0.0330. The second kappa shape index (κ2) is 21.0. The van der Waals surface area contributed by atoms with Gasteiger partial charge in [-0.2, -0.15) is 0 Å². The van der Waals surface area contributed by atoms with Crippen molar-refractivity contribution in [1.29, 1.82) is 0 Å². The summed E-state index contributed by atoms with van der Waals surface area (Å²) >= 11 is 0.982. The molecule has 4 rings (SSSR count). The highest BCUT2D eigenvalue weighted by molar-refractivity contribution is 8.14. The predicted molar refractivity (Wildman–Crippen MR) is 205 cm³/mol. The summed E-state index contributed by atoms with van der Waals surface area (Å²) in [6, 6.07) is 22.9. The van der Waals surface area contributed by atoms with Crippen molar-refractivity contribution in [2.75, 3.05) is 27.6 Å². The van der Waals surface area contributed by atoms with Crippen LogP contribution in [-0.4, -0.2) is 56.6 Å². The molecular formula is C42H36O12S. The van der Waals surface area contributed by atoms with Crippen molar-refractivity contribution in [3.63, 3.8) is 0 Å². The maximum Gasteiger partial charge on any atom is 0.336 e. The Morgan fingerprint density at radius 1 is 0.618 bits per heavy atom. The summed E-state index contributed by atoms with van der Waals surface area (Å²) in [5.41, 5.74) is 2.54. The molecule has 0 aliphatic heterocycles. The molecule has 282 valence electrons. The second-order valence-corrected chi connectivity index (χ2v) is 12.0. The van der Waals surface area contributed by atoms with Gasteiger partial charge in [-0.25, -0.2) is 19.2 Å². The van der Waals surface area contributed by atoms with Crippen molar-refractivity contribution in [2.24, 2.45) is 0 Å². The van der Waals surface area contributed by atoms with E-state index in [-0.39, 0.29) is 24.3 Å². The normalized spacial score (nSPS) is 10.7. The zero-order valence-electron chi connectivity index (χ0n) is 29.9. The van der Waals surface area contributed by atoms with E-state index in [9.17, 15) is 24.0 Å². The minimum atomic E-state index is -0.642. The number of hydrogen-bond acceptors (Lipinski definition) is 13. The Kier molecular flexibility index (Phi) is 15.6. The molecule has 0 radical (unpaired) electrons. The molecule has 0 heterocycles. The highest BCUT2D eigenvalue weighted by Crippen LogP contribution is 2.29. The zero-order chi connectivity index (χ0) is 39.6. The lowest BCUT2D eigenvalue weighted by Gasteiger charge is -2.11. The average molecular weight is 765 g/mol. The molecule has 0 bridgehead atoms. The van der Waals surface area contributed by atoms with Gasteiger partial charge in [0, 0.05) is 41.2 Å². The first-order valence-electron chi connectivity index (χ1n) is 16.4. The number of thioether (sulfide) groups is 1. The molecular weight excluding hydrogens is 729 g/mol. The highest BCUT2D eigenvalue weighted by Gasteiger charge is 2.12.